The largest absolute Gasteiger partial charge is 0.481 e. The molecule has 0 aromatic carbocycles. The number of hydrogen-bond acceptors (Lipinski definition) is 3. The minimum Gasteiger partial charge on any atom is -0.481 e. The molecule has 2 N–H and O–H groups in total. The third-order valence-corrected chi connectivity index (χ3v) is 3.88. The Morgan fingerprint density at radius 2 is 1.68 bits per heavy atom. The fourth-order valence-electron chi connectivity index (χ4n) is 2.38. The number of ether oxygens (including phenoxy) is 1. The summed E-state index contributed by atoms with van der Waals surface area (Å²) in [7, 11) is 0. The number of alkyl carbamates (subject to hydrolysis) is 1. The van der Waals surface area contributed by atoms with Gasteiger partial charge in [0.25, 0.3) is 0 Å². The molecule has 130 valence electrons. The fraction of sp³-hybridized carbons (Fsp3) is 0.882. The normalized spacial score (nSPS) is 14.8. The molecule has 0 fully saturated rings. The van der Waals surface area contributed by atoms with E-state index in [2.05, 4.69) is 19.2 Å². The van der Waals surface area contributed by atoms with Crippen LogP contribution in [0.15, 0.2) is 0 Å². The zero-order chi connectivity index (χ0) is 17.6. The van der Waals surface area contributed by atoms with E-state index >= 15 is 0 Å². The van der Waals surface area contributed by atoms with Crippen molar-refractivity contribution in [3.63, 3.8) is 0 Å². The van der Waals surface area contributed by atoms with Crippen LogP contribution in [0.3, 0.4) is 0 Å². The second-order valence-corrected chi connectivity index (χ2v) is 7.76. The quantitative estimate of drug-likeness (QED) is 0.708. The van der Waals surface area contributed by atoms with E-state index in [9.17, 15) is 14.7 Å². The van der Waals surface area contributed by atoms with Gasteiger partial charge in [-0.1, -0.05) is 40.5 Å². The Morgan fingerprint density at radius 3 is 2.05 bits per heavy atom. The summed E-state index contributed by atoms with van der Waals surface area (Å²) in [6, 6.07) is 0. The van der Waals surface area contributed by atoms with Crippen LogP contribution < -0.4 is 5.32 Å². The molecule has 1 unspecified atom stereocenters. The molecule has 0 radical (unpaired) electrons. The van der Waals surface area contributed by atoms with Crippen molar-refractivity contribution in [2.45, 2.75) is 73.3 Å². The maximum Gasteiger partial charge on any atom is 0.407 e. The van der Waals surface area contributed by atoms with E-state index < -0.39 is 23.1 Å². The molecular weight excluding hydrogens is 282 g/mol. The molecule has 0 saturated heterocycles. The van der Waals surface area contributed by atoms with Crippen LogP contribution in [0, 0.1) is 17.3 Å². The maximum absolute atomic E-state index is 11.8. The number of hydrogen-bond donors (Lipinski definition) is 2. The molecule has 0 saturated carbocycles. The summed E-state index contributed by atoms with van der Waals surface area (Å²) < 4.78 is 5.19. The Hall–Kier alpha value is -1.26. The maximum atomic E-state index is 11.8. The summed E-state index contributed by atoms with van der Waals surface area (Å²) in [6.07, 6.45) is 1.79. The molecular formula is C17H33NO4. The van der Waals surface area contributed by atoms with Crippen LogP contribution in [0.5, 0.6) is 0 Å². The Labute approximate surface area is 134 Å². The third kappa shape index (κ3) is 7.14. The van der Waals surface area contributed by atoms with Gasteiger partial charge in [-0.25, -0.2) is 4.79 Å². The smallest absolute Gasteiger partial charge is 0.407 e. The Morgan fingerprint density at radius 1 is 1.14 bits per heavy atom. The lowest BCUT2D eigenvalue weighted by molar-refractivity contribution is -0.152. The average molecular weight is 315 g/mol. The van der Waals surface area contributed by atoms with E-state index in [1.807, 2.05) is 13.8 Å². The summed E-state index contributed by atoms with van der Waals surface area (Å²) >= 11 is 0. The zero-order valence-electron chi connectivity index (χ0n) is 15.2. The van der Waals surface area contributed by atoms with Crippen molar-refractivity contribution < 1.29 is 19.4 Å². The third-order valence-electron chi connectivity index (χ3n) is 3.88. The molecule has 1 amide bonds. The number of carbonyl (C=O) groups excluding carboxylic acids is 1. The molecule has 0 aliphatic rings. The summed E-state index contributed by atoms with van der Waals surface area (Å²) in [5, 5.41) is 12.4. The first kappa shape index (κ1) is 20.7. The predicted octanol–water partition coefficient (Wildman–Crippen LogP) is 4.06. The lowest BCUT2D eigenvalue weighted by Crippen LogP contribution is -2.47. The molecule has 5 nitrogen and oxygen atoms in total. The average Bonchev–Trinajstić information content (AvgIpc) is 2.29. The van der Waals surface area contributed by atoms with Crippen LogP contribution in [-0.4, -0.2) is 29.3 Å². The van der Waals surface area contributed by atoms with Crippen molar-refractivity contribution in [3.8, 4) is 0 Å². The highest BCUT2D eigenvalue weighted by atomic mass is 16.6. The predicted molar refractivity (Wildman–Crippen MR) is 87.8 cm³/mol. The van der Waals surface area contributed by atoms with Crippen LogP contribution in [0.2, 0.25) is 0 Å². The second kappa shape index (κ2) is 8.39. The van der Waals surface area contributed by atoms with E-state index in [0.29, 0.717) is 12.3 Å². The van der Waals surface area contributed by atoms with Crippen LogP contribution >= 0.6 is 0 Å². The first-order valence-corrected chi connectivity index (χ1v) is 8.11. The Balaban J connectivity index is 4.86. The van der Waals surface area contributed by atoms with Gasteiger partial charge in [-0.15, -0.1) is 0 Å². The van der Waals surface area contributed by atoms with Crippen LogP contribution in [0.25, 0.3) is 0 Å². The molecule has 1 atom stereocenters. The highest BCUT2D eigenvalue weighted by Crippen LogP contribution is 2.34. The van der Waals surface area contributed by atoms with Gasteiger partial charge in [0.05, 0.1) is 5.41 Å². The summed E-state index contributed by atoms with van der Waals surface area (Å²) in [6.45, 7) is 13.5. The lowest BCUT2D eigenvalue weighted by Gasteiger charge is -2.34. The molecule has 0 aromatic heterocycles. The first-order valence-electron chi connectivity index (χ1n) is 8.11. The number of carbonyl (C=O) groups is 2. The molecule has 0 aromatic rings. The minimum atomic E-state index is -0.953. The SMILES string of the molecule is CC(C)CCCC(CNC(=O)OC(C)(C)C)(C(=O)O)C(C)C. The number of amides is 1. The van der Waals surface area contributed by atoms with E-state index in [0.717, 1.165) is 12.8 Å². The fourth-order valence-corrected chi connectivity index (χ4v) is 2.38. The van der Waals surface area contributed by atoms with Crippen molar-refractivity contribution in [1.29, 1.82) is 0 Å². The van der Waals surface area contributed by atoms with E-state index in [-0.39, 0.29) is 12.5 Å². The molecule has 0 aliphatic carbocycles. The molecule has 5 heteroatoms. The number of rotatable bonds is 8. The summed E-state index contributed by atoms with van der Waals surface area (Å²) in [5.41, 5.74) is -1.54. The van der Waals surface area contributed by atoms with Gasteiger partial charge in [0.1, 0.15) is 5.60 Å². The Bertz CT molecular complexity index is 371. The second-order valence-electron chi connectivity index (χ2n) is 7.76. The van der Waals surface area contributed by atoms with Gasteiger partial charge in [-0.05, 0) is 39.0 Å². The van der Waals surface area contributed by atoms with Crippen LogP contribution in [-0.2, 0) is 9.53 Å². The standard InChI is InChI=1S/C17H33NO4/c1-12(2)9-8-10-17(13(3)4,14(19)20)11-18-15(21)22-16(5,6)7/h12-13H,8-11H2,1-7H3,(H,18,21)(H,19,20). The monoisotopic (exact) mass is 315 g/mol. The molecule has 0 bridgehead atoms. The number of aliphatic carboxylic acids is 1. The molecule has 0 spiro atoms. The van der Waals surface area contributed by atoms with Crippen molar-refractivity contribution in [2.75, 3.05) is 6.54 Å². The van der Waals surface area contributed by atoms with Gasteiger partial charge in [-0.3, -0.25) is 4.79 Å². The minimum absolute atomic E-state index is 0.0768. The van der Waals surface area contributed by atoms with Crippen LogP contribution in [0.4, 0.5) is 4.79 Å². The van der Waals surface area contributed by atoms with Crippen molar-refractivity contribution in [3.05, 3.63) is 0 Å². The van der Waals surface area contributed by atoms with Gasteiger partial charge < -0.3 is 15.2 Å². The summed E-state index contributed by atoms with van der Waals surface area (Å²) in [4.78, 5) is 23.7. The Kier molecular flexibility index (Phi) is 7.91. The van der Waals surface area contributed by atoms with Gasteiger partial charge >= 0.3 is 12.1 Å². The molecule has 22 heavy (non-hydrogen) atoms. The number of nitrogens with one attached hydrogen (secondary N) is 1. The van der Waals surface area contributed by atoms with Crippen molar-refractivity contribution >= 4 is 12.1 Å². The topological polar surface area (TPSA) is 75.6 Å². The molecule has 0 aliphatic heterocycles. The molecule has 0 rings (SSSR count). The molecule has 0 heterocycles. The van der Waals surface area contributed by atoms with E-state index in [1.54, 1.807) is 20.8 Å². The van der Waals surface area contributed by atoms with Crippen LogP contribution in [0.1, 0.15) is 67.7 Å². The van der Waals surface area contributed by atoms with Crippen molar-refractivity contribution in [2.24, 2.45) is 17.3 Å². The zero-order valence-corrected chi connectivity index (χ0v) is 15.2. The van der Waals surface area contributed by atoms with Gasteiger partial charge in [0.15, 0.2) is 0 Å². The van der Waals surface area contributed by atoms with E-state index in [4.69, 9.17) is 4.74 Å². The number of carboxylic acids is 1. The van der Waals surface area contributed by atoms with Gasteiger partial charge in [0.2, 0.25) is 0 Å². The highest BCUT2D eigenvalue weighted by Gasteiger charge is 2.41. The first-order chi connectivity index (χ1) is 9.90. The van der Waals surface area contributed by atoms with Gasteiger partial charge in [0, 0.05) is 6.54 Å². The summed E-state index contributed by atoms with van der Waals surface area (Å²) in [5.74, 6) is -0.396. The number of carboxylic acid groups (broad SMARTS) is 1. The van der Waals surface area contributed by atoms with Crippen molar-refractivity contribution in [1.82, 2.24) is 5.32 Å². The highest BCUT2D eigenvalue weighted by molar-refractivity contribution is 5.76. The lowest BCUT2D eigenvalue weighted by atomic mass is 9.73. The van der Waals surface area contributed by atoms with E-state index in [1.165, 1.54) is 0 Å². The van der Waals surface area contributed by atoms with Gasteiger partial charge in [-0.2, -0.15) is 0 Å².